The third-order valence-electron chi connectivity index (χ3n) is 6.14. The second kappa shape index (κ2) is 8.70. The highest BCUT2D eigenvalue weighted by Gasteiger charge is 2.29. The van der Waals surface area contributed by atoms with Crippen molar-refractivity contribution in [2.24, 2.45) is 0 Å². The number of nitrogens with zero attached hydrogens (tertiary/aromatic N) is 1. The van der Waals surface area contributed by atoms with Gasteiger partial charge < -0.3 is 31.4 Å². The molecular formula is C26H18ClF2NO5. The fraction of sp³-hybridized carbons (Fsp3) is 0.154. The number of benzene rings is 3. The van der Waals surface area contributed by atoms with Crippen LogP contribution in [0.5, 0.6) is 23.0 Å². The molecule has 1 aromatic heterocycles. The van der Waals surface area contributed by atoms with E-state index in [1.165, 1.54) is 7.11 Å². The highest BCUT2D eigenvalue weighted by molar-refractivity contribution is 5.97. The normalized spacial score (nSPS) is 13.0. The Morgan fingerprint density at radius 3 is 2.60 bits per heavy atom. The molecule has 6 rings (SSSR count). The summed E-state index contributed by atoms with van der Waals surface area (Å²) in [6.07, 6.45) is 2.68. The largest absolute Gasteiger partial charge is 1.00 e. The predicted molar refractivity (Wildman–Crippen MR) is 117 cm³/mol. The van der Waals surface area contributed by atoms with Crippen LogP contribution in [0.4, 0.5) is 8.78 Å². The zero-order valence-electron chi connectivity index (χ0n) is 18.4. The molecule has 0 spiro atoms. The number of halogens is 3. The Labute approximate surface area is 205 Å². The number of hydrogen-bond acceptors (Lipinski definition) is 5. The van der Waals surface area contributed by atoms with Gasteiger partial charge in [-0.2, -0.15) is 4.57 Å². The molecule has 6 nitrogen and oxygen atoms in total. The number of carbonyl (C=O) groups excluding carboxylic acids is 1. The summed E-state index contributed by atoms with van der Waals surface area (Å²) in [6.45, 7) is 0.911. The summed E-state index contributed by atoms with van der Waals surface area (Å²) in [6, 6.07) is 12.3. The third-order valence-corrected chi connectivity index (χ3v) is 6.14. The van der Waals surface area contributed by atoms with E-state index in [0.29, 0.717) is 29.5 Å². The molecule has 3 heterocycles. The summed E-state index contributed by atoms with van der Waals surface area (Å²) < 4.78 is 51.6. The van der Waals surface area contributed by atoms with Gasteiger partial charge in [-0.25, -0.2) is 13.6 Å². The number of esters is 1. The molecular weight excluding hydrogens is 480 g/mol. The summed E-state index contributed by atoms with van der Waals surface area (Å²) in [5, 5.41) is 1.43. The Kier molecular flexibility index (Phi) is 5.68. The van der Waals surface area contributed by atoms with Gasteiger partial charge in [0.2, 0.25) is 12.5 Å². The lowest BCUT2D eigenvalue weighted by Crippen LogP contribution is -3.00. The number of fused-ring (bicyclic) bond motifs is 5. The highest BCUT2D eigenvalue weighted by Crippen LogP contribution is 2.41. The summed E-state index contributed by atoms with van der Waals surface area (Å²) in [5.41, 5.74) is 2.82. The smallest absolute Gasteiger partial charge is 0.346 e. The van der Waals surface area contributed by atoms with Crippen molar-refractivity contribution in [3.05, 3.63) is 77.5 Å². The minimum Gasteiger partial charge on any atom is -1.00 e. The zero-order chi connectivity index (χ0) is 23.4. The summed E-state index contributed by atoms with van der Waals surface area (Å²) in [7, 11) is 1.46. The second-order valence-corrected chi connectivity index (χ2v) is 8.08. The molecule has 0 N–H and O–H groups in total. The quantitative estimate of drug-likeness (QED) is 0.244. The Morgan fingerprint density at radius 2 is 1.83 bits per heavy atom. The van der Waals surface area contributed by atoms with Gasteiger partial charge in [0.1, 0.15) is 11.6 Å². The maximum atomic E-state index is 14.2. The van der Waals surface area contributed by atoms with E-state index >= 15 is 0 Å². The Hall–Kier alpha value is -3.91. The molecule has 0 saturated carbocycles. The standard InChI is InChI=1S/C26H18F2NO5.ClH/c1-31-22-5-2-14-8-21-18-11-24-23(32-13-33-24)9-15(18)6-7-29(21)12-19(14)25(22)34-26(30)17-4-3-16(27)10-20(17)28;/h2-5,8-12H,6-7,13H2,1H3;1H/q+1;/p-1. The van der Waals surface area contributed by atoms with Crippen molar-refractivity contribution in [3.63, 3.8) is 0 Å². The first kappa shape index (κ1) is 22.9. The summed E-state index contributed by atoms with van der Waals surface area (Å²) in [4.78, 5) is 12.7. The van der Waals surface area contributed by atoms with Gasteiger partial charge >= 0.3 is 5.97 Å². The second-order valence-electron chi connectivity index (χ2n) is 8.08. The molecule has 0 atom stereocenters. The van der Waals surface area contributed by atoms with Gasteiger partial charge in [0.25, 0.3) is 0 Å². The number of rotatable bonds is 3. The molecule has 0 bridgehead atoms. The lowest BCUT2D eigenvalue weighted by Gasteiger charge is -2.17. The molecule has 0 aliphatic carbocycles. The molecule has 4 aromatic rings. The van der Waals surface area contributed by atoms with Gasteiger partial charge in [-0.1, -0.05) is 0 Å². The average molecular weight is 498 g/mol. The van der Waals surface area contributed by atoms with E-state index in [-0.39, 0.29) is 30.5 Å². The SMILES string of the molecule is COc1ccc2cc3[n+](cc2c1OC(=O)c1ccc(F)cc1F)CCc1cc2c(cc1-3)OCO2.[Cl-]. The maximum absolute atomic E-state index is 14.2. The first-order valence-electron chi connectivity index (χ1n) is 10.7. The maximum Gasteiger partial charge on any atom is 0.346 e. The lowest BCUT2D eigenvalue weighted by molar-refractivity contribution is -0.686. The number of aromatic nitrogens is 1. The van der Waals surface area contributed by atoms with E-state index in [1.807, 2.05) is 30.5 Å². The van der Waals surface area contributed by atoms with Crippen LogP contribution >= 0.6 is 0 Å². The van der Waals surface area contributed by atoms with E-state index in [0.717, 1.165) is 46.5 Å². The van der Waals surface area contributed by atoms with Crippen molar-refractivity contribution in [1.29, 1.82) is 0 Å². The van der Waals surface area contributed by atoms with Crippen LogP contribution in [0.1, 0.15) is 15.9 Å². The van der Waals surface area contributed by atoms with Crippen LogP contribution in [0.25, 0.3) is 22.0 Å². The van der Waals surface area contributed by atoms with Crippen LogP contribution in [0.15, 0.2) is 54.7 Å². The van der Waals surface area contributed by atoms with Crippen LogP contribution in [0.2, 0.25) is 0 Å². The summed E-state index contributed by atoms with van der Waals surface area (Å²) in [5.74, 6) is -0.764. The van der Waals surface area contributed by atoms with Crippen molar-refractivity contribution in [2.75, 3.05) is 13.9 Å². The van der Waals surface area contributed by atoms with Crippen LogP contribution in [0, 0.1) is 11.6 Å². The fourth-order valence-electron chi connectivity index (χ4n) is 4.47. The lowest BCUT2D eigenvalue weighted by atomic mass is 9.95. The molecule has 9 heteroatoms. The molecule has 2 aliphatic rings. The first-order chi connectivity index (χ1) is 16.5. The Morgan fingerprint density at radius 1 is 1.03 bits per heavy atom. The Balaban J connectivity index is 0.00000253. The van der Waals surface area contributed by atoms with Gasteiger partial charge in [0.15, 0.2) is 35.7 Å². The topological polar surface area (TPSA) is 57.9 Å². The molecule has 3 aromatic carbocycles. The minimum absolute atomic E-state index is 0. The van der Waals surface area contributed by atoms with Gasteiger partial charge in [0.05, 0.1) is 23.6 Å². The van der Waals surface area contributed by atoms with Gasteiger partial charge in [-0.3, -0.25) is 0 Å². The van der Waals surface area contributed by atoms with E-state index < -0.39 is 17.6 Å². The zero-order valence-corrected chi connectivity index (χ0v) is 19.2. The van der Waals surface area contributed by atoms with Crippen LogP contribution in [-0.4, -0.2) is 19.9 Å². The molecule has 35 heavy (non-hydrogen) atoms. The number of aryl methyl sites for hydroxylation is 2. The molecule has 0 saturated heterocycles. The number of pyridine rings is 1. The minimum atomic E-state index is -0.994. The molecule has 0 radical (unpaired) electrons. The van der Waals surface area contributed by atoms with Gasteiger partial charge in [-0.15, -0.1) is 0 Å². The van der Waals surface area contributed by atoms with Crippen molar-refractivity contribution in [2.45, 2.75) is 13.0 Å². The van der Waals surface area contributed by atoms with Crippen molar-refractivity contribution >= 4 is 16.7 Å². The monoisotopic (exact) mass is 497 g/mol. The first-order valence-corrected chi connectivity index (χ1v) is 10.7. The van der Waals surface area contributed by atoms with Crippen LogP contribution < -0.4 is 35.9 Å². The number of methoxy groups -OCH3 is 1. The molecule has 2 aliphatic heterocycles. The molecule has 0 unspecified atom stereocenters. The van der Waals surface area contributed by atoms with Gasteiger partial charge in [-0.05, 0) is 47.3 Å². The number of hydrogen-bond donors (Lipinski definition) is 0. The van der Waals surface area contributed by atoms with Crippen LogP contribution in [-0.2, 0) is 13.0 Å². The fourth-order valence-corrected chi connectivity index (χ4v) is 4.47. The molecule has 178 valence electrons. The van der Waals surface area contributed by atoms with E-state index in [4.69, 9.17) is 18.9 Å². The highest BCUT2D eigenvalue weighted by atomic mass is 35.5. The average Bonchev–Trinajstić information content (AvgIpc) is 3.29. The predicted octanol–water partition coefficient (Wildman–Crippen LogP) is 1.59. The van der Waals surface area contributed by atoms with Crippen molar-refractivity contribution in [3.8, 4) is 34.3 Å². The van der Waals surface area contributed by atoms with Crippen molar-refractivity contribution < 1.29 is 49.5 Å². The van der Waals surface area contributed by atoms with Crippen molar-refractivity contribution in [1.82, 2.24) is 0 Å². The summed E-state index contributed by atoms with van der Waals surface area (Å²) >= 11 is 0. The number of carbonyl (C=O) groups is 1. The molecule has 0 amide bonds. The van der Waals surface area contributed by atoms with E-state index in [1.54, 1.807) is 6.07 Å². The third kappa shape index (κ3) is 3.80. The number of ether oxygens (including phenoxy) is 4. The van der Waals surface area contributed by atoms with E-state index in [2.05, 4.69) is 4.57 Å². The molecule has 0 fully saturated rings. The van der Waals surface area contributed by atoms with Crippen LogP contribution in [0.3, 0.4) is 0 Å². The van der Waals surface area contributed by atoms with Gasteiger partial charge in [0, 0.05) is 18.6 Å². The Bertz CT molecular complexity index is 1510. The van der Waals surface area contributed by atoms with E-state index in [9.17, 15) is 13.6 Å².